The summed E-state index contributed by atoms with van der Waals surface area (Å²) in [4.78, 5) is 1.19. The summed E-state index contributed by atoms with van der Waals surface area (Å²) in [6, 6.07) is 6.85. The van der Waals surface area contributed by atoms with Crippen LogP contribution in [0.1, 0.15) is 32.8 Å². The monoisotopic (exact) mass is 257 g/mol. The third-order valence-electron chi connectivity index (χ3n) is 2.17. The SMILES string of the molecule is CCCSc1ccc(CNC(C)C)cc1Cl. The van der Waals surface area contributed by atoms with Gasteiger partial charge in [-0.05, 0) is 29.9 Å². The predicted octanol–water partition coefficient (Wildman–Crippen LogP) is 4.34. The molecule has 0 aliphatic heterocycles. The number of thioether (sulfide) groups is 1. The molecule has 0 radical (unpaired) electrons. The number of rotatable bonds is 6. The second-order valence-corrected chi connectivity index (χ2v) is 5.69. The van der Waals surface area contributed by atoms with Gasteiger partial charge in [-0.1, -0.05) is 38.4 Å². The Hall–Kier alpha value is -0.180. The van der Waals surface area contributed by atoms with E-state index in [1.54, 1.807) is 0 Å². The fourth-order valence-electron chi connectivity index (χ4n) is 1.31. The Bertz CT molecular complexity index is 326. The molecule has 1 nitrogen and oxygen atoms in total. The molecule has 0 heterocycles. The molecule has 1 aromatic carbocycles. The Balaban J connectivity index is 2.59. The van der Waals surface area contributed by atoms with E-state index < -0.39 is 0 Å². The molecule has 0 aromatic heterocycles. The molecular weight excluding hydrogens is 238 g/mol. The average molecular weight is 258 g/mol. The molecule has 1 N–H and O–H groups in total. The van der Waals surface area contributed by atoms with Crippen molar-refractivity contribution in [2.45, 2.75) is 44.7 Å². The van der Waals surface area contributed by atoms with Gasteiger partial charge in [-0.3, -0.25) is 0 Å². The second-order valence-electron chi connectivity index (χ2n) is 4.15. The highest BCUT2D eigenvalue weighted by Gasteiger charge is 2.02. The van der Waals surface area contributed by atoms with Crippen molar-refractivity contribution in [2.24, 2.45) is 0 Å². The normalized spacial score (nSPS) is 11.1. The molecule has 1 rings (SSSR count). The lowest BCUT2D eigenvalue weighted by Gasteiger charge is -2.10. The fourth-order valence-corrected chi connectivity index (χ4v) is 2.46. The summed E-state index contributed by atoms with van der Waals surface area (Å²) in [5.74, 6) is 1.13. The minimum Gasteiger partial charge on any atom is -0.310 e. The van der Waals surface area contributed by atoms with Crippen LogP contribution in [0.5, 0.6) is 0 Å². The summed E-state index contributed by atoms with van der Waals surface area (Å²) >= 11 is 8.06. The second kappa shape index (κ2) is 7.21. The summed E-state index contributed by atoms with van der Waals surface area (Å²) < 4.78 is 0. The van der Waals surface area contributed by atoms with Crippen LogP contribution in [0, 0.1) is 0 Å². The molecule has 0 bridgehead atoms. The van der Waals surface area contributed by atoms with Gasteiger partial charge in [-0.25, -0.2) is 0 Å². The Kier molecular flexibility index (Phi) is 6.25. The minimum absolute atomic E-state index is 0.507. The Morgan fingerprint density at radius 1 is 1.38 bits per heavy atom. The Morgan fingerprint density at radius 3 is 2.69 bits per heavy atom. The van der Waals surface area contributed by atoms with Crippen LogP contribution in [0.4, 0.5) is 0 Å². The molecule has 0 atom stereocenters. The zero-order valence-corrected chi connectivity index (χ0v) is 11.8. The molecular formula is C13H20ClNS. The van der Waals surface area contributed by atoms with Crippen molar-refractivity contribution in [2.75, 3.05) is 5.75 Å². The van der Waals surface area contributed by atoms with E-state index in [0.717, 1.165) is 17.3 Å². The summed E-state index contributed by atoms with van der Waals surface area (Å²) in [5.41, 5.74) is 1.25. The van der Waals surface area contributed by atoms with E-state index in [9.17, 15) is 0 Å². The summed E-state index contributed by atoms with van der Waals surface area (Å²) in [6.07, 6.45) is 1.18. The predicted molar refractivity (Wildman–Crippen MR) is 74.4 cm³/mol. The molecule has 0 unspecified atom stereocenters. The molecule has 0 spiro atoms. The molecule has 90 valence electrons. The maximum Gasteiger partial charge on any atom is 0.0545 e. The summed E-state index contributed by atoms with van der Waals surface area (Å²) in [5, 5.41) is 4.26. The minimum atomic E-state index is 0.507. The molecule has 0 fully saturated rings. The first-order chi connectivity index (χ1) is 7.63. The molecule has 1 aromatic rings. The van der Waals surface area contributed by atoms with Crippen molar-refractivity contribution in [3.8, 4) is 0 Å². The van der Waals surface area contributed by atoms with Gasteiger partial charge in [-0.2, -0.15) is 0 Å². The maximum atomic E-state index is 6.23. The van der Waals surface area contributed by atoms with Crippen molar-refractivity contribution in [1.82, 2.24) is 5.32 Å². The largest absolute Gasteiger partial charge is 0.310 e. The first kappa shape index (κ1) is 13.9. The Labute approximate surface area is 108 Å². The molecule has 0 aliphatic rings. The van der Waals surface area contributed by atoms with Gasteiger partial charge in [-0.15, -0.1) is 11.8 Å². The van der Waals surface area contributed by atoms with Gasteiger partial charge >= 0.3 is 0 Å². The van der Waals surface area contributed by atoms with Crippen molar-refractivity contribution in [1.29, 1.82) is 0 Å². The summed E-state index contributed by atoms with van der Waals surface area (Å²) in [6.45, 7) is 7.36. The lowest BCUT2D eigenvalue weighted by molar-refractivity contribution is 0.589. The van der Waals surface area contributed by atoms with Gasteiger partial charge in [0, 0.05) is 17.5 Å². The van der Waals surface area contributed by atoms with Crippen LogP contribution in [-0.2, 0) is 6.54 Å². The quantitative estimate of drug-likeness (QED) is 0.761. The van der Waals surface area contributed by atoms with Gasteiger partial charge in [0.25, 0.3) is 0 Å². The number of benzene rings is 1. The highest BCUT2D eigenvalue weighted by molar-refractivity contribution is 7.99. The third kappa shape index (κ3) is 4.77. The van der Waals surface area contributed by atoms with Gasteiger partial charge in [0.05, 0.1) is 5.02 Å². The standard InChI is InChI=1S/C13H20ClNS/c1-4-7-16-13-6-5-11(8-12(13)14)9-15-10(2)3/h5-6,8,10,15H,4,7,9H2,1-3H3. The number of hydrogen-bond donors (Lipinski definition) is 1. The molecule has 0 amide bonds. The van der Waals surface area contributed by atoms with Crippen LogP contribution in [-0.4, -0.2) is 11.8 Å². The molecule has 3 heteroatoms. The maximum absolute atomic E-state index is 6.23. The van der Waals surface area contributed by atoms with E-state index in [0.29, 0.717) is 6.04 Å². The molecule has 0 aliphatic carbocycles. The van der Waals surface area contributed by atoms with E-state index in [4.69, 9.17) is 11.6 Å². The Morgan fingerprint density at radius 2 is 2.12 bits per heavy atom. The highest BCUT2D eigenvalue weighted by atomic mass is 35.5. The number of hydrogen-bond acceptors (Lipinski definition) is 2. The first-order valence-corrected chi connectivity index (χ1v) is 7.14. The first-order valence-electron chi connectivity index (χ1n) is 5.78. The van der Waals surface area contributed by atoms with Crippen LogP contribution in [0.2, 0.25) is 5.02 Å². The van der Waals surface area contributed by atoms with Crippen molar-refractivity contribution in [3.05, 3.63) is 28.8 Å². The van der Waals surface area contributed by atoms with E-state index in [1.807, 2.05) is 11.8 Å². The van der Waals surface area contributed by atoms with Gasteiger partial charge in [0.15, 0.2) is 0 Å². The van der Waals surface area contributed by atoms with Crippen molar-refractivity contribution < 1.29 is 0 Å². The lowest BCUT2D eigenvalue weighted by Crippen LogP contribution is -2.21. The zero-order valence-electron chi connectivity index (χ0n) is 10.2. The van der Waals surface area contributed by atoms with Crippen LogP contribution in [0.3, 0.4) is 0 Å². The molecule has 0 saturated carbocycles. The van der Waals surface area contributed by atoms with E-state index in [1.165, 1.54) is 16.9 Å². The van der Waals surface area contributed by atoms with Gasteiger partial charge < -0.3 is 5.32 Å². The zero-order chi connectivity index (χ0) is 12.0. The smallest absolute Gasteiger partial charge is 0.0545 e. The summed E-state index contributed by atoms with van der Waals surface area (Å²) in [7, 11) is 0. The number of halogens is 1. The van der Waals surface area contributed by atoms with Gasteiger partial charge in [0.2, 0.25) is 0 Å². The number of nitrogens with one attached hydrogen (secondary N) is 1. The van der Waals surface area contributed by atoms with Crippen LogP contribution in [0.15, 0.2) is 23.1 Å². The van der Waals surface area contributed by atoms with Crippen molar-refractivity contribution in [3.63, 3.8) is 0 Å². The van der Waals surface area contributed by atoms with Crippen LogP contribution < -0.4 is 5.32 Å². The third-order valence-corrected chi connectivity index (χ3v) is 3.88. The van der Waals surface area contributed by atoms with E-state index in [-0.39, 0.29) is 0 Å². The van der Waals surface area contributed by atoms with Crippen molar-refractivity contribution >= 4 is 23.4 Å². The van der Waals surface area contributed by atoms with E-state index >= 15 is 0 Å². The topological polar surface area (TPSA) is 12.0 Å². The van der Waals surface area contributed by atoms with Gasteiger partial charge in [0.1, 0.15) is 0 Å². The average Bonchev–Trinajstić information content (AvgIpc) is 2.25. The highest BCUT2D eigenvalue weighted by Crippen LogP contribution is 2.28. The molecule has 16 heavy (non-hydrogen) atoms. The van der Waals surface area contributed by atoms with E-state index in [2.05, 4.69) is 44.3 Å². The lowest BCUT2D eigenvalue weighted by atomic mass is 10.2. The molecule has 0 saturated heterocycles. The fraction of sp³-hybridized carbons (Fsp3) is 0.538. The van der Waals surface area contributed by atoms with Crippen LogP contribution >= 0.6 is 23.4 Å². The van der Waals surface area contributed by atoms with Crippen LogP contribution in [0.25, 0.3) is 0 Å².